The van der Waals surface area contributed by atoms with Crippen LogP contribution in [0.2, 0.25) is 0 Å². The summed E-state index contributed by atoms with van der Waals surface area (Å²) in [6, 6.07) is 13.0. The zero-order chi connectivity index (χ0) is 13.3. The molecule has 3 rings (SSSR count). The maximum Gasteiger partial charge on any atom is 0.254 e. The van der Waals surface area contributed by atoms with Crippen LogP contribution in [0, 0.1) is 0 Å². The third-order valence-corrected chi connectivity index (χ3v) is 6.21. The maximum atomic E-state index is 12.3. The van der Waals surface area contributed by atoms with Gasteiger partial charge in [-0.15, -0.1) is 11.3 Å². The first-order chi connectivity index (χ1) is 9.18. The van der Waals surface area contributed by atoms with Gasteiger partial charge in [0, 0.05) is 6.54 Å². The lowest BCUT2D eigenvalue weighted by Crippen LogP contribution is -2.28. The number of benzene rings is 1. The van der Waals surface area contributed by atoms with Gasteiger partial charge in [-0.3, -0.25) is 0 Å². The molecular formula is C13H13NO3S2. The molecule has 0 saturated carbocycles. The fourth-order valence-corrected chi connectivity index (χ4v) is 4.49. The molecule has 1 aromatic heterocycles. The van der Waals surface area contributed by atoms with Gasteiger partial charge < -0.3 is 4.74 Å². The van der Waals surface area contributed by atoms with Crippen molar-refractivity contribution in [1.29, 1.82) is 0 Å². The van der Waals surface area contributed by atoms with E-state index in [4.69, 9.17) is 4.74 Å². The van der Waals surface area contributed by atoms with Gasteiger partial charge in [-0.1, -0.05) is 36.4 Å². The number of sulfonamides is 1. The summed E-state index contributed by atoms with van der Waals surface area (Å²) in [5.41, 5.74) is 1.01. The van der Waals surface area contributed by atoms with Gasteiger partial charge in [-0.05, 0) is 17.0 Å². The predicted molar refractivity (Wildman–Crippen MR) is 73.3 cm³/mol. The van der Waals surface area contributed by atoms with Crippen molar-refractivity contribution < 1.29 is 13.2 Å². The molecule has 2 heterocycles. The van der Waals surface area contributed by atoms with E-state index in [2.05, 4.69) is 0 Å². The van der Waals surface area contributed by atoms with Crippen molar-refractivity contribution in [2.45, 2.75) is 10.3 Å². The summed E-state index contributed by atoms with van der Waals surface area (Å²) in [7, 11) is -3.41. The summed E-state index contributed by atoms with van der Waals surface area (Å²) in [6.45, 7) is 0.476. The van der Waals surface area contributed by atoms with E-state index in [9.17, 15) is 8.42 Å². The van der Waals surface area contributed by atoms with Crippen molar-refractivity contribution in [3.8, 4) is 0 Å². The van der Waals surface area contributed by atoms with E-state index >= 15 is 0 Å². The van der Waals surface area contributed by atoms with Gasteiger partial charge in [0.1, 0.15) is 10.9 Å². The van der Waals surface area contributed by atoms with Crippen molar-refractivity contribution in [3.63, 3.8) is 0 Å². The third-order valence-electron chi connectivity index (χ3n) is 3.05. The average molecular weight is 295 g/mol. The highest BCUT2D eigenvalue weighted by molar-refractivity contribution is 7.91. The second-order valence-electron chi connectivity index (χ2n) is 4.27. The fourth-order valence-electron chi connectivity index (χ4n) is 2.04. The van der Waals surface area contributed by atoms with Crippen molar-refractivity contribution in [2.24, 2.45) is 0 Å². The van der Waals surface area contributed by atoms with Crippen LogP contribution in [0.5, 0.6) is 0 Å². The van der Waals surface area contributed by atoms with Crippen LogP contribution in [-0.4, -0.2) is 26.0 Å². The maximum absolute atomic E-state index is 12.3. The van der Waals surface area contributed by atoms with E-state index in [1.807, 2.05) is 30.3 Å². The van der Waals surface area contributed by atoms with E-state index < -0.39 is 10.0 Å². The zero-order valence-electron chi connectivity index (χ0n) is 10.1. The SMILES string of the molecule is O=S(=O)(c1cccs1)N1COC(c2ccccc2)C1. The highest BCUT2D eigenvalue weighted by Gasteiger charge is 2.34. The number of ether oxygens (including phenoxy) is 1. The number of hydrogen-bond donors (Lipinski definition) is 0. The van der Waals surface area contributed by atoms with Gasteiger partial charge in [0.2, 0.25) is 0 Å². The molecule has 2 aromatic rings. The Hall–Kier alpha value is -1.21. The molecule has 0 amide bonds. The van der Waals surface area contributed by atoms with Crippen LogP contribution in [0.4, 0.5) is 0 Å². The molecule has 0 N–H and O–H groups in total. The first-order valence-corrected chi connectivity index (χ1v) is 8.20. The van der Waals surface area contributed by atoms with Gasteiger partial charge in [-0.2, -0.15) is 4.31 Å². The molecule has 4 nitrogen and oxygen atoms in total. The Bertz CT molecular complexity index is 638. The lowest BCUT2D eigenvalue weighted by molar-refractivity contribution is 0.104. The summed E-state index contributed by atoms with van der Waals surface area (Å²) >= 11 is 1.23. The van der Waals surface area contributed by atoms with Crippen LogP contribution in [-0.2, 0) is 14.8 Å². The minimum Gasteiger partial charge on any atom is -0.356 e. The van der Waals surface area contributed by atoms with Crippen LogP contribution < -0.4 is 0 Å². The fraction of sp³-hybridized carbons (Fsp3) is 0.231. The summed E-state index contributed by atoms with van der Waals surface area (Å²) < 4.78 is 32.0. The van der Waals surface area contributed by atoms with E-state index in [1.54, 1.807) is 17.5 Å². The van der Waals surface area contributed by atoms with E-state index in [0.717, 1.165) is 5.56 Å². The Morgan fingerprint density at radius 1 is 1.16 bits per heavy atom. The normalized spacial score (nSPS) is 20.7. The van der Waals surface area contributed by atoms with Crippen molar-refractivity contribution in [3.05, 3.63) is 53.4 Å². The van der Waals surface area contributed by atoms with Gasteiger partial charge in [-0.25, -0.2) is 8.42 Å². The molecular weight excluding hydrogens is 282 g/mol. The van der Waals surface area contributed by atoms with E-state index in [0.29, 0.717) is 10.8 Å². The molecule has 0 bridgehead atoms. The average Bonchev–Trinajstić information content (AvgIpc) is 3.12. The summed E-state index contributed by atoms with van der Waals surface area (Å²) in [5.74, 6) is 0. The molecule has 0 spiro atoms. The molecule has 1 atom stereocenters. The highest BCUT2D eigenvalue weighted by atomic mass is 32.2. The smallest absolute Gasteiger partial charge is 0.254 e. The lowest BCUT2D eigenvalue weighted by atomic mass is 10.1. The molecule has 1 aromatic carbocycles. The van der Waals surface area contributed by atoms with Gasteiger partial charge in [0.25, 0.3) is 10.0 Å². The largest absolute Gasteiger partial charge is 0.356 e. The molecule has 0 aliphatic carbocycles. The Morgan fingerprint density at radius 2 is 1.95 bits per heavy atom. The molecule has 100 valence electrons. The standard InChI is InChI=1S/C13H13NO3S2/c15-19(16,13-7-4-8-18-13)14-9-12(17-10-14)11-5-2-1-3-6-11/h1-8,12H,9-10H2. The van der Waals surface area contributed by atoms with Crippen LogP contribution in [0.25, 0.3) is 0 Å². The van der Waals surface area contributed by atoms with Crippen LogP contribution >= 0.6 is 11.3 Å². The third kappa shape index (κ3) is 2.44. The van der Waals surface area contributed by atoms with Crippen LogP contribution in [0.3, 0.4) is 0 Å². The highest BCUT2D eigenvalue weighted by Crippen LogP contribution is 2.30. The first kappa shape index (κ1) is 12.8. The Labute approximate surface area is 116 Å². The summed E-state index contributed by atoms with van der Waals surface area (Å²) in [5, 5.41) is 1.76. The molecule has 1 aliphatic heterocycles. The van der Waals surface area contributed by atoms with E-state index in [1.165, 1.54) is 15.6 Å². The minimum absolute atomic E-state index is 0.111. The molecule has 1 fully saturated rings. The van der Waals surface area contributed by atoms with Crippen LogP contribution in [0.1, 0.15) is 11.7 Å². The summed E-state index contributed by atoms with van der Waals surface area (Å²) in [4.78, 5) is 0. The molecule has 6 heteroatoms. The van der Waals surface area contributed by atoms with Crippen molar-refractivity contribution in [2.75, 3.05) is 13.3 Å². The monoisotopic (exact) mass is 295 g/mol. The Balaban J connectivity index is 1.80. The number of nitrogens with zero attached hydrogens (tertiary/aromatic N) is 1. The van der Waals surface area contributed by atoms with Crippen molar-refractivity contribution >= 4 is 21.4 Å². The number of rotatable bonds is 3. The minimum atomic E-state index is -3.41. The number of thiophene rings is 1. The van der Waals surface area contributed by atoms with Gasteiger partial charge in [0.05, 0.1) is 6.10 Å². The Kier molecular flexibility index (Phi) is 3.40. The summed E-state index contributed by atoms with van der Waals surface area (Å²) in [6.07, 6.45) is -0.184. The predicted octanol–water partition coefficient (Wildman–Crippen LogP) is 2.47. The molecule has 1 aliphatic rings. The van der Waals surface area contributed by atoms with Gasteiger partial charge >= 0.3 is 0 Å². The Morgan fingerprint density at radius 3 is 2.63 bits per heavy atom. The van der Waals surface area contributed by atoms with Crippen LogP contribution in [0.15, 0.2) is 52.1 Å². The lowest BCUT2D eigenvalue weighted by Gasteiger charge is -2.12. The number of hydrogen-bond acceptors (Lipinski definition) is 4. The van der Waals surface area contributed by atoms with Gasteiger partial charge in [0.15, 0.2) is 0 Å². The molecule has 1 saturated heterocycles. The molecule has 0 radical (unpaired) electrons. The first-order valence-electron chi connectivity index (χ1n) is 5.88. The second-order valence-corrected chi connectivity index (χ2v) is 7.38. The molecule has 19 heavy (non-hydrogen) atoms. The van der Waals surface area contributed by atoms with E-state index in [-0.39, 0.29) is 12.8 Å². The zero-order valence-corrected chi connectivity index (χ0v) is 11.7. The quantitative estimate of drug-likeness (QED) is 0.874. The topological polar surface area (TPSA) is 46.6 Å². The van der Waals surface area contributed by atoms with Crippen molar-refractivity contribution in [1.82, 2.24) is 4.31 Å². The molecule has 1 unspecified atom stereocenters. The second kappa shape index (κ2) is 5.05.